The first-order valence-electron chi connectivity index (χ1n) is 32.4. The number of phosphoric acid groups is 1. The number of phosphoric ester groups is 1. The summed E-state index contributed by atoms with van der Waals surface area (Å²) in [5.41, 5.74) is 0. The van der Waals surface area contributed by atoms with E-state index in [2.05, 4.69) is 43.5 Å². The first-order valence-corrected chi connectivity index (χ1v) is 33.9. The molecule has 3 N–H and O–H groups in total. The van der Waals surface area contributed by atoms with Crippen LogP contribution in [0.4, 0.5) is 0 Å². The number of aliphatic hydroxyl groups excluding tert-OH is 1. The van der Waals surface area contributed by atoms with Gasteiger partial charge in [0.2, 0.25) is 5.91 Å². The van der Waals surface area contributed by atoms with Crippen molar-refractivity contribution < 1.29 is 32.9 Å². The highest BCUT2D eigenvalue weighted by molar-refractivity contribution is 7.47. The van der Waals surface area contributed by atoms with Gasteiger partial charge in [0.1, 0.15) is 13.2 Å². The lowest BCUT2D eigenvalue weighted by Crippen LogP contribution is -2.45. The predicted molar refractivity (Wildman–Crippen MR) is 323 cm³/mol. The number of likely N-dealkylation sites (N-methyl/N-ethyl adjacent to an activating group) is 1. The lowest BCUT2D eigenvalue weighted by Gasteiger charge is -2.25. The van der Waals surface area contributed by atoms with Crippen LogP contribution in [0.1, 0.15) is 322 Å². The number of unbranched alkanes of at least 4 members (excludes halogenated alkanes) is 43. The van der Waals surface area contributed by atoms with Gasteiger partial charge in [-0.1, -0.05) is 294 Å². The Morgan fingerprint density at radius 2 is 0.743 bits per heavy atom. The number of hydrogen-bond donors (Lipinski definition) is 3. The second-order valence-corrected chi connectivity index (χ2v) is 24.9. The minimum absolute atomic E-state index is 0.0576. The highest BCUT2D eigenvalue weighted by atomic mass is 31.2. The molecule has 0 aromatic rings. The normalized spacial score (nSPS) is 14.0. The zero-order chi connectivity index (χ0) is 54.2. The molecule has 0 fully saturated rings. The molecule has 0 saturated carbocycles. The third-order valence-corrected chi connectivity index (χ3v) is 15.8. The van der Waals surface area contributed by atoms with Crippen LogP contribution in [0.5, 0.6) is 0 Å². The second-order valence-electron chi connectivity index (χ2n) is 23.5. The molecule has 74 heavy (non-hydrogen) atoms. The van der Waals surface area contributed by atoms with Crippen LogP contribution in [0.2, 0.25) is 0 Å². The number of hydrogen-bond acceptors (Lipinski definition) is 5. The summed E-state index contributed by atoms with van der Waals surface area (Å²) in [5.74, 6) is -0.181. The van der Waals surface area contributed by atoms with Gasteiger partial charge in [-0.3, -0.25) is 13.8 Å². The number of amides is 1. The van der Waals surface area contributed by atoms with E-state index in [0.717, 1.165) is 38.5 Å². The lowest BCUT2D eigenvalue weighted by molar-refractivity contribution is -0.870. The molecule has 1 amide bonds. The fourth-order valence-corrected chi connectivity index (χ4v) is 10.5. The van der Waals surface area contributed by atoms with Crippen LogP contribution in [0.25, 0.3) is 0 Å². The molecule has 9 heteroatoms. The maximum absolute atomic E-state index is 13.0. The van der Waals surface area contributed by atoms with E-state index in [0.29, 0.717) is 17.4 Å². The number of carbonyl (C=O) groups is 1. The number of allylic oxidation sites excluding steroid dienone is 5. The average Bonchev–Trinajstić information content (AvgIpc) is 3.36. The summed E-state index contributed by atoms with van der Waals surface area (Å²) in [4.78, 5) is 23.4. The Hall–Kier alpha value is -1.28. The van der Waals surface area contributed by atoms with Gasteiger partial charge in [-0.05, 0) is 57.8 Å². The van der Waals surface area contributed by atoms with Crippen molar-refractivity contribution in [2.24, 2.45) is 0 Å². The summed E-state index contributed by atoms with van der Waals surface area (Å²) >= 11 is 0. The summed E-state index contributed by atoms with van der Waals surface area (Å²) in [6.45, 7) is 4.84. The Morgan fingerprint density at radius 3 is 1.08 bits per heavy atom. The molecule has 0 aromatic heterocycles. The van der Waals surface area contributed by atoms with E-state index < -0.39 is 20.0 Å². The van der Waals surface area contributed by atoms with Crippen LogP contribution in [0, 0.1) is 0 Å². The van der Waals surface area contributed by atoms with Crippen LogP contribution in [-0.4, -0.2) is 73.4 Å². The Morgan fingerprint density at radius 1 is 0.446 bits per heavy atom. The summed E-state index contributed by atoms with van der Waals surface area (Å²) in [5, 5.41) is 14.0. The van der Waals surface area contributed by atoms with Gasteiger partial charge in [0.25, 0.3) is 0 Å². The van der Waals surface area contributed by atoms with Crippen molar-refractivity contribution in [2.45, 2.75) is 334 Å². The topological polar surface area (TPSA) is 105 Å². The zero-order valence-corrected chi connectivity index (χ0v) is 51.0. The molecule has 0 heterocycles. The van der Waals surface area contributed by atoms with Crippen LogP contribution >= 0.6 is 7.82 Å². The van der Waals surface area contributed by atoms with Crippen molar-refractivity contribution in [3.8, 4) is 0 Å². The van der Waals surface area contributed by atoms with E-state index in [1.165, 1.54) is 263 Å². The van der Waals surface area contributed by atoms with Crippen molar-refractivity contribution in [2.75, 3.05) is 40.9 Å². The summed E-state index contributed by atoms with van der Waals surface area (Å²) in [6.07, 6.45) is 74.2. The van der Waals surface area contributed by atoms with Gasteiger partial charge < -0.3 is 19.8 Å². The molecular weight excluding hydrogens is 936 g/mol. The third kappa shape index (κ3) is 58.4. The monoisotopic (exact) mass is 1060 g/mol. The van der Waals surface area contributed by atoms with Crippen molar-refractivity contribution in [3.05, 3.63) is 36.5 Å². The highest BCUT2D eigenvalue weighted by Gasteiger charge is 2.27. The Kier molecular flexibility index (Phi) is 55.5. The summed E-state index contributed by atoms with van der Waals surface area (Å²) in [7, 11) is 1.57. The van der Waals surface area contributed by atoms with Gasteiger partial charge in [0.15, 0.2) is 0 Å². The molecule has 8 nitrogen and oxygen atoms in total. The molecule has 3 unspecified atom stereocenters. The van der Waals surface area contributed by atoms with E-state index in [1.54, 1.807) is 6.08 Å². The van der Waals surface area contributed by atoms with E-state index in [9.17, 15) is 19.4 Å². The maximum Gasteiger partial charge on any atom is 0.472 e. The van der Waals surface area contributed by atoms with Gasteiger partial charge in [-0.25, -0.2) is 4.57 Å². The fourth-order valence-electron chi connectivity index (χ4n) is 9.76. The molecule has 0 aliphatic rings. The number of carbonyl (C=O) groups excluding carboxylic acids is 1. The van der Waals surface area contributed by atoms with Crippen LogP contribution in [-0.2, 0) is 18.4 Å². The van der Waals surface area contributed by atoms with Crippen LogP contribution in [0.3, 0.4) is 0 Å². The average molecular weight is 1060 g/mol. The number of nitrogens with zero attached hydrogens (tertiary/aromatic N) is 1. The maximum atomic E-state index is 13.0. The zero-order valence-electron chi connectivity index (χ0n) is 50.1. The largest absolute Gasteiger partial charge is 0.472 e. The van der Waals surface area contributed by atoms with Gasteiger partial charge in [-0.15, -0.1) is 0 Å². The number of aliphatic hydroxyl groups is 1. The summed E-state index contributed by atoms with van der Waals surface area (Å²) < 4.78 is 23.8. The number of quaternary nitrogens is 1. The Labute approximate surface area is 461 Å². The van der Waals surface area contributed by atoms with E-state index in [-0.39, 0.29) is 19.1 Å². The molecule has 0 aromatic carbocycles. The molecule has 0 rings (SSSR count). The van der Waals surface area contributed by atoms with Gasteiger partial charge in [0.05, 0.1) is 39.9 Å². The van der Waals surface area contributed by atoms with E-state index in [4.69, 9.17) is 9.05 Å². The molecular formula is C65H128N2O6P+. The molecule has 3 atom stereocenters. The first kappa shape index (κ1) is 72.7. The van der Waals surface area contributed by atoms with Gasteiger partial charge in [0, 0.05) is 6.42 Å². The third-order valence-electron chi connectivity index (χ3n) is 14.8. The summed E-state index contributed by atoms with van der Waals surface area (Å²) in [6, 6.07) is -0.863. The van der Waals surface area contributed by atoms with Crippen molar-refractivity contribution in [1.82, 2.24) is 5.32 Å². The number of rotatable bonds is 60. The minimum Gasteiger partial charge on any atom is -0.387 e. The molecule has 0 aliphatic heterocycles. The van der Waals surface area contributed by atoms with Gasteiger partial charge in [-0.2, -0.15) is 0 Å². The van der Waals surface area contributed by atoms with Crippen molar-refractivity contribution >= 4 is 13.7 Å². The minimum atomic E-state index is -4.36. The molecule has 0 bridgehead atoms. The lowest BCUT2D eigenvalue weighted by atomic mass is 10.0. The molecule has 438 valence electrons. The number of nitrogens with one attached hydrogen (secondary N) is 1. The predicted octanol–water partition coefficient (Wildman–Crippen LogP) is 20.1. The molecule has 0 aliphatic carbocycles. The van der Waals surface area contributed by atoms with E-state index in [1.807, 2.05) is 27.2 Å². The van der Waals surface area contributed by atoms with Crippen LogP contribution in [0.15, 0.2) is 36.5 Å². The highest BCUT2D eigenvalue weighted by Crippen LogP contribution is 2.43. The van der Waals surface area contributed by atoms with Crippen molar-refractivity contribution in [1.29, 1.82) is 0 Å². The van der Waals surface area contributed by atoms with Crippen molar-refractivity contribution in [3.63, 3.8) is 0 Å². The molecule has 0 radical (unpaired) electrons. The fraction of sp³-hybridized carbons (Fsp3) is 0.892. The quantitative estimate of drug-likeness (QED) is 0.0243. The standard InChI is InChI=1S/C65H127N2O6P/c1-6-8-10-12-14-16-18-20-22-24-26-28-30-32-33-35-37-39-41-43-45-47-49-51-53-55-57-59-65(69)66-63(62-73-74(70,71)72-61-60-67(3,4)5)64(68)58-56-54-52-50-48-46-44-42-40-38-36-34-31-29-27-25-23-21-19-17-15-13-11-9-7-2/h24,26,48,50,56,58,63-64,68H,6-23,25,27-47,49,51-55,57,59-62H2,1-5H3,(H-,66,69,70,71)/p+1/b26-24-,50-48+,58-56+. The molecule has 0 spiro atoms. The second kappa shape index (κ2) is 56.4. The SMILES string of the molecule is CCCCCCCCCC/C=C\CCCCCCCCCCCCCCCCCC(=O)NC(COP(=O)(O)OCC[N+](C)(C)C)C(O)/C=C/CC/C=C/CCCCCCCCCCCCCCCCCCCCC. The Balaban J connectivity index is 4.15. The van der Waals surface area contributed by atoms with E-state index >= 15 is 0 Å². The Bertz CT molecular complexity index is 1300. The van der Waals surface area contributed by atoms with Crippen LogP contribution < -0.4 is 5.32 Å². The first-order chi connectivity index (χ1) is 36.0. The van der Waals surface area contributed by atoms with Gasteiger partial charge >= 0.3 is 7.82 Å². The smallest absolute Gasteiger partial charge is 0.387 e. The molecule has 0 saturated heterocycles.